The fourth-order valence-electron chi connectivity index (χ4n) is 3.42. The molecule has 1 N–H and O–H groups in total. The molecule has 0 aliphatic heterocycles. The van der Waals surface area contributed by atoms with Crippen LogP contribution in [0.15, 0.2) is 61.2 Å². The van der Waals surface area contributed by atoms with Gasteiger partial charge in [-0.1, -0.05) is 18.2 Å². The van der Waals surface area contributed by atoms with Crippen molar-refractivity contribution >= 4 is 11.6 Å². The fraction of sp³-hybridized carbons (Fsp3) is 0.238. The summed E-state index contributed by atoms with van der Waals surface area (Å²) in [5.74, 6) is 0.0196. The van der Waals surface area contributed by atoms with Crippen molar-refractivity contribution in [3.63, 3.8) is 0 Å². The lowest BCUT2D eigenvalue weighted by Gasteiger charge is -2.16. The zero-order valence-corrected chi connectivity index (χ0v) is 14.1. The molecule has 0 saturated carbocycles. The van der Waals surface area contributed by atoms with E-state index < -0.39 is 0 Å². The third-order valence-electron chi connectivity index (χ3n) is 4.73. The monoisotopic (exact) mass is 331 g/mol. The molecular formula is C21H21N3O. The number of aromatic nitrogens is 2. The summed E-state index contributed by atoms with van der Waals surface area (Å²) in [6.45, 7) is 0. The van der Waals surface area contributed by atoms with E-state index in [2.05, 4.69) is 28.5 Å². The van der Waals surface area contributed by atoms with Crippen molar-refractivity contribution in [1.82, 2.24) is 9.55 Å². The standard InChI is InChI=1S/C21H21N3O/c25-21(14-16-5-6-17-3-1-2-4-18(17)13-16)23-19-7-9-20(10-8-19)24-12-11-22-15-24/h5-13,15H,1-4,14H2,(H,23,25). The Kier molecular flexibility index (Phi) is 4.34. The van der Waals surface area contributed by atoms with Crippen LogP contribution < -0.4 is 5.32 Å². The maximum atomic E-state index is 12.3. The van der Waals surface area contributed by atoms with Gasteiger partial charge in [0.2, 0.25) is 5.91 Å². The lowest BCUT2D eigenvalue weighted by Crippen LogP contribution is -2.15. The summed E-state index contributed by atoms with van der Waals surface area (Å²) >= 11 is 0. The number of rotatable bonds is 4. The van der Waals surface area contributed by atoms with Gasteiger partial charge in [-0.15, -0.1) is 0 Å². The summed E-state index contributed by atoms with van der Waals surface area (Å²) < 4.78 is 1.93. The van der Waals surface area contributed by atoms with E-state index in [1.165, 1.54) is 30.4 Å². The summed E-state index contributed by atoms with van der Waals surface area (Å²) in [5, 5.41) is 2.98. The van der Waals surface area contributed by atoms with E-state index in [4.69, 9.17) is 0 Å². The Labute approximate surface area is 147 Å². The van der Waals surface area contributed by atoms with Crippen molar-refractivity contribution in [2.24, 2.45) is 0 Å². The maximum absolute atomic E-state index is 12.3. The number of hydrogen-bond acceptors (Lipinski definition) is 2. The van der Waals surface area contributed by atoms with Crippen LogP contribution in [0.2, 0.25) is 0 Å². The van der Waals surface area contributed by atoms with E-state index in [0.717, 1.165) is 23.4 Å². The Morgan fingerprint density at radius 2 is 1.84 bits per heavy atom. The summed E-state index contributed by atoms with van der Waals surface area (Å²) in [6.07, 6.45) is 10.7. The van der Waals surface area contributed by atoms with E-state index in [1.54, 1.807) is 12.5 Å². The predicted molar refractivity (Wildman–Crippen MR) is 99.0 cm³/mol. The van der Waals surface area contributed by atoms with Gasteiger partial charge in [-0.25, -0.2) is 4.98 Å². The number of nitrogens with one attached hydrogen (secondary N) is 1. The molecule has 2 aromatic carbocycles. The zero-order valence-electron chi connectivity index (χ0n) is 14.1. The van der Waals surface area contributed by atoms with Gasteiger partial charge in [-0.2, -0.15) is 0 Å². The molecule has 4 rings (SSSR count). The van der Waals surface area contributed by atoms with E-state index in [9.17, 15) is 4.79 Å². The van der Waals surface area contributed by atoms with E-state index in [1.807, 2.05) is 35.0 Å². The van der Waals surface area contributed by atoms with E-state index in [-0.39, 0.29) is 5.91 Å². The van der Waals surface area contributed by atoms with Gasteiger partial charge in [0, 0.05) is 23.8 Å². The van der Waals surface area contributed by atoms with Crippen LogP contribution in [0.25, 0.3) is 5.69 Å². The first-order valence-corrected chi connectivity index (χ1v) is 8.77. The van der Waals surface area contributed by atoms with Crippen LogP contribution in [0.5, 0.6) is 0 Å². The highest BCUT2D eigenvalue weighted by Crippen LogP contribution is 2.22. The number of carbonyl (C=O) groups excluding carboxylic acids is 1. The molecule has 0 unspecified atom stereocenters. The summed E-state index contributed by atoms with van der Waals surface area (Å²) in [7, 11) is 0. The molecule has 0 bridgehead atoms. The molecule has 1 aliphatic carbocycles. The molecule has 0 atom stereocenters. The van der Waals surface area contributed by atoms with Gasteiger partial charge in [0.1, 0.15) is 0 Å². The van der Waals surface area contributed by atoms with Gasteiger partial charge in [-0.05, 0) is 66.6 Å². The molecule has 1 amide bonds. The number of anilines is 1. The van der Waals surface area contributed by atoms with Crippen LogP contribution in [0.1, 0.15) is 29.5 Å². The first kappa shape index (κ1) is 15.6. The van der Waals surface area contributed by atoms with Gasteiger partial charge in [0.05, 0.1) is 12.7 Å². The van der Waals surface area contributed by atoms with Crippen LogP contribution in [-0.2, 0) is 24.1 Å². The summed E-state index contributed by atoms with van der Waals surface area (Å²) in [6, 6.07) is 14.3. The second kappa shape index (κ2) is 6.93. The van der Waals surface area contributed by atoms with Gasteiger partial charge in [0.25, 0.3) is 0 Å². The predicted octanol–water partition coefficient (Wildman–Crippen LogP) is 3.93. The SMILES string of the molecule is O=C(Cc1ccc2c(c1)CCCC2)Nc1ccc(-n2ccnc2)cc1. The number of amides is 1. The first-order chi connectivity index (χ1) is 12.3. The quantitative estimate of drug-likeness (QED) is 0.787. The van der Waals surface area contributed by atoms with Crippen molar-refractivity contribution < 1.29 is 4.79 Å². The molecule has 4 nitrogen and oxygen atoms in total. The lowest BCUT2D eigenvalue weighted by molar-refractivity contribution is -0.115. The Morgan fingerprint density at radius 1 is 1.04 bits per heavy atom. The molecule has 1 aliphatic rings. The first-order valence-electron chi connectivity index (χ1n) is 8.77. The number of fused-ring (bicyclic) bond motifs is 1. The zero-order chi connectivity index (χ0) is 17.1. The molecular weight excluding hydrogens is 310 g/mol. The molecule has 1 aromatic heterocycles. The maximum Gasteiger partial charge on any atom is 0.228 e. The van der Waals surface area contributed by atoms with Crippen LogP contribution in [0.3, 0.4) is 0 Å². The van der Waals surface area contributed by atoms with Crippen molar-refractivity contribution in [1.29, 1.82) is 0 Å². The molecule has 3 aromatic rings. The van der Waals surface area contributed by atoms with Crippen LogP contribution in [0.4, 0.5) is 5.69 Å². The van der Waals surface area contributed by atoms with Crippen molar-refractivity contribution in [3.05, 3.63) is 77.9 Å². The number of imidazole rings is 1. The molecule has 1 heterocycles. The molecule has 0 saturated heterocycles. The largest absolute Gasteiger partial charge is 0.326 e. The second-order valence-corrected chi connectivity index (χ2v) is 6.55. The lowest BCUT2D eigenvalue weighted by atomic mass is 9.90. The van der Waals surface area contributed by atoms with Gasteiger partial charge in [0.15, 0.2) is 0 Å². The molecule has 0 radical (unpaired) electrons. The molecule has 0 spiro atoms. The van der Waals surface area contributed by atoms with Crippen molar-refractivity contribution in [2.45, 2.75) is 32.1 Å². The molecule has 126 valence electrons. The minimum absolute atomic E-state index is 0.0196. The van der Waals surface area contributed by atoms with Crippen molar-refractivity contribution in [2.75, 3.05) is 5.32 Å². The van der Waals surface area contributed by atoms with Gasteiger partial charge in [-0.3, -0.25) is 4.79 Å². The van der Waals surface area contributed by atoms with Crippen LogP contribution in [0, 0.1) is 0 Å². The highest BCUT2D eigenvalue weighted by atomic mass is 16.1. The average Bonchev–Trinajstić information content (AvgIpc) is 3.17. The Hall–Kier alpha value is -2.88. The minimum atomic E-state index is 0.0196. The number of carbonyl (C=O) groups is 1. The number of aryl methyl sites for hydroxylation is 2. The highest BCUT2D eigenvalue weighted by Gasteiger charge is 2.11. The number of hydrogen-bond donors (Lipinski definition) is 1. The number of nitrogens with zero attached hydrogens (tertiary/aromatic N) is 2. The van der Waals surface area contributed by atoms with Crippen molar-refractivity contribution in [3.8, 4) is 5.69 Å². The van der Waals surface area contributed by atoms with Crippen LogP contribution in [-0.4, -0.2) is 15.5 Å². The highest BCUT2D eigenvalue weighted by molar-refractivity contribution is 5.92. The Morgan fingerprint density at radius 3 is 2.60 bits per heavy atom. The minimum Gasteiger partial charge on any atom is -0.326 e. The Balaban J connectivity index is 1.40. The third kappa shape index (κ3) is 3.63. The van der Waals surface area contributed by atoms with E-state index >= 15 is 0 Å². The average molecular weight is 331 g/mol. The normalized spacial score (nSPS) is 13.3. The van der Waals surface area contributed by atoms with E-state index in [0.29, 0.717) is 6.42 Å². The Bertz CT molecular complexity index is 867. The van der Waals surface area contributed by atoms with Crippen LogP contribution >= 0.6 is 0 Å². The second-order valence-electron chi connectivity index (χ2n) is 6.55. The fourth-order valence-corrected chi connectivity index (χ4v) is 3.42. The number of benzene rings is 2. The smallest absolute Gasteiger partial charge is 0.228 e. The molecule has 0 fully saturated rings. The molecule has 25 heavy (non-hydrogen) atoms. The summed E-state index contributed by atoms with van der Waals surface area (Å²) in [4.78, 5) is 16.4. The van der Waals surface area contributed by atoms with Gasteiger partial charge < -0.3 is 9.88 Å². The molecule has 4 heteroatoms. The summed E-state index contributed by atoms with van der Waals surface area (Å²) in [5.41, 5.74) is 5.79. The topological polar surface area (TPSA) is 46.9 Å². The van der Waals surface area contributed by atoms with Gasteiger partial charge >= 0.3 is 0 Å². The third-order valence-corrected chi connectivity index (χ3v) is 4.73.